The first kappa shape index (κ1) is 17.6. The third kappa shape index (κ3) is 4.89. The molecule has 0 spiro atoms. The molecule has 1 heterocycles. The van der Waals surface area contributed by atoms with Crippen molar-refractivity contribution in [2.75, 3.05) is 13.6 Å². The Morgan fingerprint density at radius 3 is 2.84 bits per heavy atom. The van der Waals surface area contributed by atoms with Crippen molar-refractivity contribution in [2.45, 2.75) is 51.1 Å². The SMILES string of the molecule is CN(CCC(=O)NC1CCCCC1)Cc1nc2ccccc2c(=O)[nH]1. The number of nitrogens with zero attached hydrogens (tertiary/aromatic N) is 2. The maximum atomic E-state index is 12.1. The minimum atomic E-state index is -0.121. The smallest absolute Gasteiger partial charge is 0.258 e. The Balaban J connectivity index is 1.51. The lowest BCUT2D eigenvalue weighted by Gasteiger charge is -2.23. The molecule has 1 aromatic heterocycles. The Morgan fingerprint density at radius 2 is 2.04 bits per heavy atom. The quantitative estimate of drug-likeness (QED) is 0.843. The summed E-state index contributed by atoms with van der Waals surface area (Å²) in [6.07, 6.45) is 6.38. The second-order valence-corrected chi connectivity index (χ2v) is 6.92. The Bertz CT molecular complexity index is 780. The largest absolute Gasteiger partial charge is 0.353 e. The maximum Gasteiger partial charge on any atom is 0.258 e. The average molecular weight is 342 g/mol. The van der Waals surface area contributed by atoms with E-state index in [1.807, 2.05) is 30.1 Å². The van der Waals surface area contributed by atoms with Crippen LogP contribution in [0.25, 0.3) is 10.9 Å². The summed E-state index contributed by atoms with van der Waals surface area (Å²) in [5.74, 6) is 0.734. The van der Waals surface area contributed by atoms with E-state index in [9.17, 15) is 9.59 Å². The standard InChI is InChI=1S/C19H26N4O2/c1-23(12-11-18(24)20-14-7-3-2-4-8-14)13-17-21-16-10-6-5-9-15(16)19(25)22-17/h5-6,9-10,14H,2-4,7-8,11-13H2,1H3,(H,20,24)(H,21,22,25). The molecule has 0 aliphatic heterocycles. The molecule has 2 N–H and O–H groups in total. The highest BCUT2D eigenvalue weighted by molar-refractivity contribution is 5.77. The zero-order chi connectivity index (χ0) is 17.6. The lowest BCUT2D eigenvalue weighted by molar-refractivity contribution is -0.122. The molecule has 0 unspecified atom stereocenters. The monoisotopic (exact) mass is 342 g/mol. The van der Waals surface area contributed by atoms with Gasteiger partial charge in [-0.2, -0.15) is 0 Å². The molecular weight excluding hydrogens is 316 g/mol. The molecule has 1 amide bonds. The van der Waals surface area contributed by atoms with Crippen LogP contribution in [0.1, 0.15) is 44.3 Å². The molecule has 0 saturated heterocycles. The van der Waals surface area contributed by atoms with Gasteiger partial charge in [0.25, 0.3) is 5.56 Å². The molecule has 1 aromatic carbocycles. The van der Waals surface area contributed by atoms with Gasteiger partial charge in [0.15, 0.2) is 0 Å². The zero-order valence-electron chi connectivity index (χ0n) is 14.8. The Kier molecular flexibility index (Phi) is 5.81. The Labute approximate surface area is 147 Å². The van der Waals surface area contributed by atoms with Crippen molar-refractivity contribution in [3.63, 3.8) is 0 Å². The van der Waals surface area contributed by atoms with E-state index in [0.717, 1.165) is 12.8 Å². The zero-order valence-corrected chi connectivity index (χ0v) is 14.8. The van der Waals surface area contributed by atoms with Gasteiger partial charge in [-0.15, -0.1) is 0 Å². The molecule has 1 saturated carbocycles. The summed E-state index contributed by atoms with van der Waals surface area (Å²) in [4.78, 5) is 33.5. The summed E-state index contributed by atoms with van der Waals surface area (Å²) in [5.41, 5.74) is 0.578. The molecule has 2 aromatic rings. The van der Waals surface area contributed by atoms with Crippen LogP contribution in [-0.2, 0) is 11.3 Å². The molecule has 6 heteroatoms. The number of rotatable bonds is 6. The molecular formula is C19H26N4O2. The number of fused-ring (bicyclic) bond motifs is 1. The number of hydrogen-bond donors (Lipinski definition) is 2. The Morgan fingerprint density at radius 1 is 1.28 bits per heavy atom. The van der Waals surface area contributed by atoms with Crippen LogP contribution in [-0.4, -0.2) is 40.4 Å². The van der Waals surface area contributed by atoms with E-state index >= 15 is 0 Å². The second-order valence-electron chi connectivity index (χ2n) is 6.92. The van der Waals surface area contributed by atoms with E-state index in [4.69, 9.17) is 0 Å². The number of benzene rings is 1. The predicted molar refractivity (Wildman–Crippen MR) is 98.3 cm³/mol. The topological polar surface area (TPSA) is 78.1 Å². The van der Waals surface area contributed by atoms with E-state index in [0.29, 0.717) is 42.3 Å². The third-order valence-corrected chi connectivity index (χ3v) is 4.77. The van der Waals surface area contributed by atoms with Crippen molar-refractivity contribution in [2.24, 2.45) is 0 Å². The van der Waals surface area contributed by atoms with Gasteiger partial charge in [0.05, 0.1) is 17.4 Å². The molecule has 25 heavy (non-hydrogen) atoms. The van der Waals surface area contributed by atoms with Crippen LogP contribution in [0.2, 0.25) is 0 Å². The summed E-state index contributed by atoms with van der Waals surface area (Å²) in [7, 11) is 1.93. The number of amides is 1. The molecule has 0 radical (unpaired) electrons. The molecule has 6 nitrogen and oxygen atoms in total. The minimum Gasteiger partial charge on any atom is -0.353 e. The van der Waals surface area contributed by atoms with Crippen LogP contribution in [0.4, 0.5) is 0 Å². The number of nitrogens with one attached hydrogen (secondary N) is 2. The number of para-hydroxylation sites is 1. The van der Waals surface area contributed by atoms with Crippen molar-refractivity contribution < 1.29 is 4.79 Å². The lowest BCUT2D eigenvalue weighted by Crippen LogP contribution is -2.37. The number of aromatic nitrogens is 2. The highest BCUT2D eigenvalue weighted by Crippen LogP contribution is 2.17. The van der Waals surface area contributed by atoms with Crippen molar-refractivity contribution in [3.05, 3.63) is 40.4 Å². The van der Waals surface area contributed by atoms with E-state index in [-0.39, 0.29) is 11.5 Å². The summed E-state index contributed by atoms with van der Waals surface area (Å²) >= 11 is 0. The number of carbonyl (C=O) groups excluding carboxylic acids is 1. The average Bonchev–Trinajstić information content (AvgIpc) is 2.61. The second kappa shape index (κ2) is 8.25. The summed E-state index contributed by atoms with van der Waals surface area (Å²) < 4.78 is 0. The molecule has 0 atom stereocenters. The van der Waals surface area contributed by atoms with Gasteiger partial charge in [-0.05, 0) is 32.0 Å². The fourth-order valence-electron chi connectivity index (χ4n) is 3.38. The van der Waals surface area contributed by atoms with E-state index < -0.39 is 0 Å². The van der Waals surface area contributed by atoms with Crippen LogP contribution in [0.5, 0.6) is 0 Å². The lowest BCUT2D eigenvalue weighted by atomic mass is 9.95. The minimum absolute atomic E-state index is 0.110. The van der Waals surface area contributed by atoms with E-state index in [1.165, 1.54) is 19.3 Å². The van der Waals surface area contributed by atoms with Gasteiger partial charge < -0.3 is 10.3 Å². The van der Waals surface area contributed by atoms with Gasteiger partial charge in [-0.3, -0.25) is 14.5 Å². The van der Waals surface area contributed by atoms with Crippen LogP contribution in [0, 0.1) is 0 Å². The number of aromatic amines is 1. The molecule has 3 rings (SSSR count). The highest BCUT2D eigenvalue weighted by Gasteiger charge is 2.16. The number of H-pyrrole nitrogens is 1. The van der Waals surface area contributed by atoms with Gasteiger partial charge in [0.2, 0.25) is 5.91 Å². The van der Waals surface area contributed by atoms with Gasteiger partial charge >= 0.3 is 0 Å². The first-order valence-corrected chi connectivity index (χ1v) is 9.07. The molecule has 1 fully saturated rings. The van der Waals surface area contributed by atoms with Crippen molar-refractivity contribution >= 4 is 16.8 Å². The van der Waals surface area contributed by atoms with Gasteiger partial charge in [0.1, 0.15) is 5.82 Å². The summed E-state index contributed by atoms with van der Waals surface area (Å²) in [5, 5.41) is 3.73. The first-order valence-electron chi connectivity index (χ1n) is 9.07. The fourth-order valence-corrected chi connectivity index (χ4v) is 3.38. The van der Waals surface area contributed by atoms with E-state index in [1.54, 1.807) is 6.07 Å². The predicted octanol–water partition coefficient (Wildman–Crippen LogP) is 2.19. The molecule has 1 aliphatic carbocycles. The van der Waals surface area contributed by atoms with Crippen molar-refractivity contribution in [1.29, 1.82) is 0 Å². The fraction of sp³-hybridized carbons (Fsp3) is 0.526. The molecule has 0 bridgehead atoms. The first-order chi connectivity index (χ1) is 12.1. The Hall–Kier alpha value is -2.21. The van der Waals surface area contributed by atoms with E-state index in [2.05, 4.69) is 15.3 Å². The highest BCUT2D eigenvalue weighted by atomic mass is 16.1. The third-order valence-electron chi connectivity index (χ3n) is 4.77. The van der Waals surface area contributed by atoms with Crippen molar-refractivity contribution in [3.8, 4) is 0 Å². The van der Waals surface area contributed by atoms with Crippen LogP contribution >= 0.6 is 0 Å². The maximum absolute atomic E-state index is 12.1. The van der Waals surface area contributed by atoms with Gasteiger partial charge in [-0.1, -0.05) is 31.4 Å². The molecule has 1 aliphatic rings. The number of carbonyl (C=O) groups is 1. The normalized spacial score (nSPS) is 15.6. The summed E-state index contributed by atoms with van der Waals surface area (Å²) in [6, 6.07) is 7.66. The van der Waals surface area contributed by atoms with Gasteiger partial charge in [0, 0.05) is 19.0 Å². The van der Waals surface area contributed by atoms with Crippen LogP contribution in [0.15, 0.2) is 29.1 Å². The number of hydrogen-bond acceptors (Lipinski definition) is 4. The molecule has 134 valence electrons. The van der Waals surface area contributed by atoms with Gasteiger partial charge in [-0.25, -0.2) is 4.98 Å². The van der Waals surface area contributed by atoms with Crippen molar-refractivity contribution in [1.82, 2.24) is 20.2 Å². The van der Waals surface area contributed by atoms with Crippen LogP contribution in [0.3, 0.4) is 0 Å². The summed E-state index contributed by atoms with van der Waals surface area (Å²) in [6.45, 7) is 1.14. The van der Waals surface area contributed by atoms with Crippen LogP contribution < -0.4 is 10.9 Å².